The van der Waals surface area contributed by atoms with E-state index in [2.05, 4.69) is 20.4 Å². The first-order valence-corrected chi connectivity index (χ1v) is 6.99. The number of guanidine groups is 1. The number of nitrogens with one attached hydrogen (secondary N) is 2. The van der Waals surface area contributed by atoms with Crippen molar-refractivity contribution in [1.29, 1.82) is 0 Å². The molecule has 0 spiro atoms. The molecule has 0 aliphatic heterocycles. The van der Waals surface area contributed by atoms with Crippen LogP contribution in [-0.2, 0) is 9.53 Å². The van der Waals surface area contributed by atoms with Crippen molar-refractivity contribution >= 4 is 17.6 Å². The molecular formula is C15H23N3O4. The highest BCUT2D eigenvalue weighted by atomic mass is 16.5. The molecule has 22 heavy (non-hydrogen) atoms. The van der Waals surface area contributed by atoms with Gasteiger partial charge in [-0.2, -0.15) is 0 Å². The summed E-state index contributed by atoms with van der Waals surface area (Å²) in [6.45, 7) is 2.89. The first kappa shape index (κ1) is 17.6. The number of aliphatic imine (C=N–C) groups is 1. The van der Waals surface area contributed by atoms with Crippen LogP contribution in [0.25, 0.3) is 0 Å². The lowest BCUT2D eigenvalue weighted by Crippen LogP contribution is -2.32. The molecule has 7 heteroatoms. The van der Waals surface area contributed by atoms with Gasteiger partial charge in [0.2, 0.25) is 0 Å². The maximum atomic E-state index is 11.1. The molecule has 0 saturated carbocycles. The van der Waals surface area contributed by atoms with Crippen molar-refractivity contribution in [2.24, 2.45) is 4.99 Å². The van der Waals surface area contributed by atoms with E-state index in [4.69, 9.17) is 9.47 Å². The summed E-state index contributed by atoms with van der Waals surface area (Å²) in [7, 11) is 4.61. The molecule has 0 amide bonds. The third-order valence-corrected chi connectivity index (χ3v) is 2.80. The van der Waals surface area contributed by atoms with Gasteiger partial charge in [-0.25, -0.2) is 0 Å². The predicted molar refractivity (Wildman–Crippen MR) is 85.8 cm³/mol. The number of benzene rings is 1. The number of methoxy groups -OCH3 is 2. The van der Waals surface area contributed by atoms with Gasteiger partial charge in [0.25, 0.3) is 0 Å². The van der Waals surface area contributed by atoms with E-state index >= 15 is 0 Å². The van der Waals surface area contributed by atoms with Crippen LogP contribution in [0.3, 0.4) is 0 Å². The van der Waals surface area contributed by atoms with Crippen LogP contribution in [0.1, 0.15) is 13.3 Å². The zero-order chi connectivity index (χ0) is 16.4. The summed E-state index contributed by atoms with van der Waals surface area (Å²) in [6.07, 6.45) is 0.268. The monoisotopic (exact) mass is 309 g/mol. The zero-order valence-corrected chi connectivity index (χ0v) is 13.4. The van der Waals surface area contributed by atoms with E-state index in [-0.39, 0.29) is 12.4 Å². The standard InChI is InChI=1S/C15H23N3O4/c1-5-22-13-10-11(6-7-12(13)20-3)18-15(16-2)17-9-8-14(19)21-4/h6-7,10H,5,8-9H2,1-4H3,(H2,16,17,18). The molecule has 0 radical (unpaired) electrons. The topological polar surface area (TPSA) is 81.2 Å². The molecule has 0 unspecified atom stereocenters. The van der Waals surface area contributed by atoms with E-state index in [1.165, 1.54) is 7.11 Å². The van der Waals surface area contributed by atoms with Crippen LogP contribution in [0.2, 0.25) is 0 Å². The van der Waals surface area contributed by atoms with Crippen molar-refractivity contribution in [2.45, 2.75) is 13.3 Å². The summed E-state index contributed by atoms with van der Waals surface area (Å²) >= 11 is 0. The number of hydrogen-bond acceptors (Lipinski definition) is 5. The largest absolute Gasteiger partial charge is 0.493 e. The van der Waals surface area contributed by atoms with Crippen LogP contribution in [0.4, 0.5) is 5.69 Å². The van der Waals surface area contributed by atoms with Crippen molar-refractivity contribution < 1.29 is 19.0 Å². The fourth-order valence-corrected chi connectivity index (χ4v) is 1.72. The minimum absolute atomic E-state index is 0.268. The van der Waals surface area contributed by atoms with Gasteiger partial charge in [0.1, 0.15) is 0 Å². The second-order valence-corrected chi connectivity index (χ2v) is 4.25. The third-order valence-electron chi connectivity index (χ3n) is 2.80. The Balaban J connectivity index is 2.67. The number of nitrogens with zero attached hydrogens (tertiary/aromatic N) is 1. The second kappa shape index (κ2) is 9.49. The average Bonchev–Trinajstić information content (AvgIpc) is 2.54. The Bertz CT molecular complexity index is 518. The molecule has 0 saturated heterocycles. The zero-order valence-electron chi connectivity index (χ0n) is 13.4. The highest BCUT2D eigenvalue weighted by Gasteiger charge is 2.07. The van der Waals surface area contributed by atoms with Gasteiger partial charge < -0.3 is 24.8 Å². The summed E-state index contributed by atoms with van der Waals surface area (Å²) in [4.78, 5) is 15.2. The SMILES string of the molecule is CCOc1cc(NC(=NC)NCCC(=O)OC)ccc1OC. The van der Waals surface area contributed by atoms with Crippen molar-refractivity contribution in [3.8, 4) is 11.5 Å². The lowest BCUT2D eigenvalue weighted by molar-refractivity contribution is -0.140. The Morgan fingerprint density at radius 1 is 1.27 bits per heavy atom. The van der Waals surface area contributed by atoms with Crippen LogP contribution in [-0.4, -0.2) is 46.3 Å². The third kappa shape index (κ3) is 5.51. The van der Waals surface area contributed by atoms with E-state index in [1.807, 2.05) is 25.1 Å². The summed E-state index contributed by atoms with van der Waals surface area (Å²) in [5.41, 5.74) is 0.801. The minimum atomic E-state index is -0.272. The molecule has 0 aliphatic carbocycles. The molecule has 122 valence electrons. The number of anilines is 1. The molecule has 1 aromatic rings. The van der Waals surface area contributed by atoms with Crippen LogP contribution in [0.15, 0.2) is 23.2 Å². The number of hydrogen-bond donors (Lipinski definition) is 2. The van der Waals surface area contributed by atoms with Gasteiger partial charge in [0.05, 0.1) is 27.2 Å². The fourth-order valence-electron chi connectivity index (χ4n) is 1.72. The highest BCUT2D eigenvalue weighted by molar-refractivity contribution is 5.94. The number of carbonyl (C=O) groups is 1. The lowest BCUT2D eigenvalue weighted by atomic mass is 10.2. The minimum Gasteiger partial charge on any atom is -0.493 e. The van der Waals surface area contributed by atoms with Crippen LogP contribution in [0, 0.1) is 0 Å². The maximum absolute atomic E-state index is 11.1. The first-order chi connectivity index (χ1) is 10.6. The maximum Gasteiger partial charge on any atom is 0.307 e. The molecule has 0 atom stereocenters. The van der Waals surface area contributed by atoms with Crippen molar-refractivity contribution in [2.75, 3.05) is 39.7 Å². The van der Waals surface area contributed by atoms with Crippen molar-refractivity contribution in [1.82, 2.24) is 5.32 Å². The van der Waals surface area contributed by atoms with E-state index < -0.39 is 0 Å². The fraction of sp³-hybridized carbons (Fsp3) is 0.467. The Labute approximate surface area is 130 Å². The summed E-state index contributed by atoms with van der Waals surface area (Å²) in [5, 5.41) is 6.15. The number of esters is 1. The van der Waals surface area contributed by atoms with Crippen LogP contribution < -0.4 is 20.1 Å². The smallest absolute Gasteiger partial charge is 0.307 e. The van der Waals surface area contributed by atoms with E-state index in [1.54, 1.807) is 14.2 Å². The Kier molecular flexibility index (Phi) is 7.60. The van der Waals surface area contributed by atoms with Crippen molar-refractivity contribution in [3.63, 3.8) is 0 Å². The number of ether oxygens (including phenoxy) is 3. The quantitative estimate of drug-likeness (QED) is 0.453. The van der Waals surface area contributed by atoms with Gasteiger partial charge in [-0.3, -0.25) is 9.79 Å². The average molecular weight is 309 g/mol. The van der Waals surface area contributed by atoms with Gasteiger partial charge in [-0.05, 0) is 19.1 Å². The molecule has 7 nitrogen and oxygen atoms in total. The Hall–Kier alpha value is -2.44. The molecule has 0 heterocycles. The summed E-state index contributed by atoms with van der Waals surface area (Å²) < 4.78 is 15.3. The normalized spacial score (nSPS) is 10.8. The molecule has 0 aliphatic rings. The summed E-state index contributed by atoms with van der Waals surface area (Å²) in [6, 6.07) is 5.50. The lowest BCUT2D eigenvalue weighted by Gasteiger charge is -2.14. The van der Waals surface area contributed by atoms with E-state index in [0.29, 0.717) is 30.6 Å². The van der Waals surface area contributed by atoms with E-state index in [0.717, 1.165) is 5.69 Å². The molecule has 1 rings (SSSR count). The molecule has 2 N–H and O–H groups in total. The number of carbonyl (C=O) groups excluding carboxylic acids is 1. The Morgan fingerprint density at radius 3 is 2.64 bits per heavy atom. The number of rotatable bonds is 7. The molecule has 1 aromatic carbocycles. The van der Waals surface area contributed by atoms with Gasteiger partial charge >= 0.3 is 5.97 Å². The van der Waals surface area contributed by atoms with Gasteiger partial charge in [0.15, 0.2) is 17.5 Å². The second-order valence-electron chi connectivity index (χ2n) is 4.25. The first-order valence-electron chi connectivity index (χ1n) is 6.99. The molecule has 0 bridgehead atoms. The predicted octanol–water partition coefficient (Wildman–Crippen LogP) is 1.64. The van der Waals surface area contributed by atoms with Crippen molar-refractivity contribution in [3.05, 3.63) is 18.2 Å². The van der Waals surface area contributed by atoms with Gasteiger partial charge in [0, 0.05) is 25.3 Å². The van der Waals surface area contributed by atoms with Crippen LogP contribution in [0.5, 0.6) is 11.5 Å². The van der Waals surface area contributed by atoms with Crippen LogP contribution >= 0.6 is 0 Å². The molecular weight excluding hydrogens is 286 g/mol. The molecule has 0 aromatic heterocycles. The van der Waals surface area contributed by atoms with Gasteiger partial charge in [-0.15, -0.1) is 0 Å². The molecule has 0 fully saturated rings. The highest BCUT2D eigenvalue weighted by Crippen LogP contribution is 2.30. The van der Waals surface area contributed by atoms with Gasteiger partial charge in [-0.1, -0.05) is 0 Å². The summed E-state index contributed by atoms with van der Waals surface area (Å²) in [5.74, 6) is 1.60. The Morgan fingerprint density at radius 2 is 2.05 bits per heavy atom. The van der Waals surface area contributed by atoms with E-state index in [9.17, 15) is 4.79 Å².